The molecule has 0 aliphatic heterocycles. The molecule has 0 fully saturated rings. The third kappa shape index (κ3) is 0.652. The van der Waals surface area contributed by atoms with Crippen molar-refractivity contribution in [3.63, 3.8) is 0 Å². The second-order valence-corrected chi connectivity index (χ2v) is 2.22. The van der Waals surface area contributed by atoms with Crippen LogP contribution >= 0.6 is 0 Å². The van der Waals surface area contributed by atoms with E-state index in [4.69, 9.17) is 8.83 Å². The molecular weight excluding hydrogens is 128 g/mol. The highest BCUT2D eigenvalue weighted by atomic mass is 16.4. The van der Waals surface area contributed by atoms with E-state index in [9.17, 15) is 0 Å². The molecule has 2 heteroatoms. The number of hydrogen-bond acceptors (Lipinski definition) is 2. The average Bonchev–Trinajstić information content (AvgIpc) is 2.42. The smallest absolute Gasteiger partial charge is 0.172 e. The van der Waals surface area contributed by atoms with Gasteiger partial charge in [-0.2, -0.15) is 0 Å². The van der Waals surface area contributed by atoms with Crippen LogP contribution in [0.3, 0.4) is 0 Å². The summed E-state index contributed by atoms with van der Waals surface area (Å²) in [5.74, 6) is 0.981. The van der Waals surface area contributed by atoms with Crippen LogP contribution in [0.25, 0.3) is 11.2 Å². The molecule has 0 unspecified atom stereocenters. The summed E-state index contributed by atoms with van der Waals surface area (Å²) in [7, 11) is 0. The molecule has 0 amide bonds. The lowest BCUT2D eigenvalue weighted by Gasteiger charge is -1.81. The van der Waals surface area contributed by atoms with Crippen LogP contribution in [0.1, 0.15) is 12.7 Å². The molecule has 2 rings (SSSR count). The Morgan fingerprint density at radius 3 is 3.00 bits per heavy atom. The maximum Gasteiger partial charge on any atom is 0.172 e. The molecule has 2 nitrogen and oxygen atoms in total. The molecule has 0 atom stereocenters. The highest BCUT2D eigenvalue weighted by Crippen LogP contribution is 2.19. The monoisotopic (exact) mass is 136 g/mol. The zero-order chi connectivity index (χ0) is 6.97. The molecule has 0 radical (unpaired) electrons. The SMILES string of the molecule is CCc1cc2occc2o1. The van der Waals surface area contributed by atoms with E-state index in [0.717, 1.165) is 23.3 Å². The first-order valence-corrected chi connectivity index (χ1v) is 3.36. The normalized spacial score (nSPS) is 10.9. The standard InChI is InChI=1S/C8H8O2/c1-2-6-5-8-7(10-6)3-4-9-8/h3-5H,2H2,1H3. The van der Waals surface area contributed by atoms with Gasteiger partial charge in [0.1, 0.15) is 5.76 Å². The summed E-state index contributed by atoms with van der Waals surface area (Å²) in [5, 5.41) is 0. The number of hydrogen-bond donors (Lipinski definition) is 0. The predicted molar refractivity (Wildman–Crippen MR) is 37.9 cm³/mol. The lowest BCUT2D eigenvalue weighted by Crippen LogP contribution is -1.67. The summed E-state index contributed by atoms with van der Waals surface area (Å²) >= 11 is 0. The van der Waals surface area contributed by atoms with Gasteiger partial charge in [0.2, 0.25) is 0 Å². The van der Waals surface area contributed by atoms with Crippen molar-refractivity contribution < 1.29 is 8.83 Å². The molecule has 2 aromatic rings. The fraction of sp³-hybridized carbons (Fsp3) is 0.250. The predicted octanol–water partition coefficient (Wildman–Crippen LogP) is 2.59. The van der Waals surface area contributed by atoms with Crippen LogP contribution in [0, 0.1) is 0 Å². The molecule has 52 valence electrons. The lowest BCUT2D eigenvalue weighted by atomic mass is 10.4. The van der Waals surface area contributed by atoms with E-state index >= 15 is 0 Å². The molecule has 10 heavy (non-hydrogen) atoms. The van der Waals surface area contributed by atoms with Crippen molar-refractivity contribution in [1.29, 1.82) is 0 Å². The Labute approximate surface area is 58.4 Å². The van der Waals surface area contributed by atoms with E-state index < -0.39 is 0 Å². The van der Waals surface area contributed by atoms with Gasteiger partial charge in [-0.05, 0) is 0 Å². The molecular formula is C8H8O2. The summed E-state index contributed by atoms with van der Waals surface area (Å²) in [6.07, 6.45) is 2.55. The summed E-state index contributed by atoms with van der Waals surface area (Å²) in [6, 6.07) is 3.75. The second kappa shape index (κ2) is 1.90. The molecule has 0 bridgehead atoms. The molecule has 0 aliphatic rings. The Kier molecular flexibility index (Phi) is 1.07. The van der Waals surface area contributed by atoms with E-state index in [1.165, 1.54) is 0 Å². The van der Waals surface area contributed by atoms with E-state index in [0.29, 0.717) is 0 Å². The van der Waals surface area contributed by atoms with Gasteiger partial charge in [0, 0.05) is 18.6 Å². The van der Waals surface area contributed by atoms with Crippen LogP contribution in [-0.2, 0) is 6.42 Å². The second-order valence-electron chi connectivity index (χ2n) is 2.22. The fourth-order valence-electron chi connectivity index (χ4n) is 0.990. The van der Waals surface area contributed by atoms with E-state index in [2.05, 4.69) is 6.92 Å². The van der Waals surface area contributed by atoms with E-state index in [1.807, 2.05) is 12.1 Å². The first kappa shape index (κ1) is 5.59. The van der Waals surface area contributed by atoms with E-state index in [1.54, 1.807) is 6.26 Å². The van der Waals surface area contributed by atoms with Gasteiger partial charge in [0.25, 0.3) is 0 Å². The fourth-order valence-corrected chi connectivity index (χ4v) is 0.990. The molecule has 2 heterocycles. The van der Waals surface area contributed by atoms with Crippen LogP contribution in [0.15, 0.2) is 27.2 Å². The molecule has 2 aromatic heterocycles. The van der Waals surface area contributed by atoms with Crippen LogP contribution in [-0.4, -0.2) is 0 Å². The number of rotatable bonds is 1. The first-order chi connectivity index (χ1) is 4.90. The summed E-state index contributed by atoms with van der Waals surface area (Å²) in [6.45, 7) is 2.05. The third-order valence-electron chi connectivity index (χ3n) is 1.54. The Hall–Kier alpha value is -1.18. The molecule has 0 N–H and O–H groups in total. The summed E-state index contributed by atoms with van der Waals surface area (Å²) < 4.78 is 10.5. The minimum atomic E-state index is 0.844. The van der Waals surface area contributed by atoms with Crippen molar-refractivity contribution >= 4 is 11.2 Å². The van der Waals surface area contributed by atoms with Gasteiger partial charge in [-0.1, -0.05) is 6.92 Å². The number of aryl methyl sites for hydroxylation is 1. The Morgan fingerprint density at radius 1 is 1.40 bits per heavy atom. The minimum absolute atomic E-state index is 0.844. The maximum atomic E-state index is 5.36. The number of furan rings is 2. The highest BCUT2D eigenvalue weighted by molar-refractivity contribution is 5.71. The van der Waals surface area contributed by atoms with Crippen LogP contribution < -0.4 is 0 Å². The molecule has 0 spiro atoms. The van der Waals surface area contributed by atoms with Crippen molar-refractivity contribution in [1.82, 2.24) is 0 Å². The quantitative estimate of drug-likeness (QED) is 0.602. The first-order valence-electron chi connectivity index (χ1n) is 3.36. The van der Waals surface area contributed by atoms with E-state index in [-0.39, 0.29) is 0 Å². The van der Waals surface area contributed by atoms with Crippen LogP contribution in [0.4, 0.5) is 0 Å². The largest absolute Gasteiger partial charge is 0.461 e. The van der Waals surface area contributed by atoms with Gasteiger partial charge in [0.05, 0.1) is 6.26 Å². The highest BCUT2D eigenvalue weighted by Gasteiger charge is 2.02. The van der Waals surface area contributed by atoms with Crippen LogP contribution in [0.5, 0.6) is 0 Å². The summed E-state index contributed by atoms with van der Waals surface area (Å²) in [5.41, 5.74) is 1.69. The van der Waals surface area contributed by atoms with Gasteiger partial charge >= 0.3 is 0 Å². The van der Waals surface area contributed by atoms with Crippen molar-refractivity contribution in [3.05, 3.63) is 24.2 Å². The zero-order valence-electron chi connectivity index (χ0n) is 5.76. The Bertz CT molecular complexity index is 301. The Morgan fingerprint density at radius 2 is 2.30 bits per heavy atom. The van der Waals surface area contributed by atoms with Crippen molar-refractivity contribution in [2.45, 2.75) is 13.3 Å². The molecule has 0 saturated heterocycles. The summed E-state index contributed by atoms with van der Waals surface area (Å²) in [4.78, 5) is 0. The third-order valence-corrected chi connectivity index (χ3v) is 1.54. The minimum Gasteiger partial charge on any atom is -0.461 e. The topological polar surface area (TPSA) is 26.3 Å². The average molecular weight is 136 g/mol. The molecule has 0 aliphatic carbocycles. The van der Waals surface area contributed by atoms with Crippen molar-refractivity contribution in [2.24, 2.45) is 0 Å². The van der Waals surface area contributed by atoms with Crippen molar-refractivity contribution in [3.8, 4) is 0 Å². The van der Waals surface area contributed by atoms with Gasteiger partial charge in [-0.25, -0.2) is 0 Å². The number of fused-ring (bicyclic) bond motifs is 1. The van der Waals surface area contributed by atoms with Crippen molar-refractivity contribution in [2.75, 3.05) is 0 Å². The molecule has 0 aromatic carbocycles. The zero-order valence-corrected chi connectivity index (χ0v) is 5.76. The molecule has 0 saturated carbocycles. The maximum absolute atomic E-state index is 5.36. The van der Waals surface area contributed by atoms with Gasteiger partial charge < -0.3 is 8.83 Å². The lowest BCUT2D eigenvalue weighted by molar-refractivity contribution is 0.557. The van der Waals surface area contributed by atoms with Gasteiger partial charge in [0.15, 0.2) is 11.2 Å². The van der Waals surface area contributed by atoms with Crippen LogP contribution in [0.2, 0.25) is 0 Å². The van der Waals surface area contributed by atoms with Gasteiger partial charge in [-0.3, -0.25) is 0 Å². The van der Waals surface area contributed by atoms with Gasteiger partial charge in [-0.15, -0.1) is 0 Å². The Balaban J connectivity index is 2.67.